The maximum atomic E-state index is 11.1. The van der Waals surface area contributed by atoms with E-state index in [2.05, 4.69) is 20.9 Å². The molecule has 0 amide bonds. The lowest BCUT2D eigenvalue weighted by Crippen LogP contribution is -2.72. The first-order valence-electron chi connectivity index (χ1n) is 6.66. The number of ether oxygens (including phenoxy) is 1. The third kappa shape index (κ3) is 3.12. The number of hydrogen-bond donors (Lipinski definition) is 6. The highest BCUT2D eigenvalue weighted by Gasteiger charge is 2.70. The summed E-state index contributed by atoms with van der Waals surface area (Å²) in [4.78, 5) is 24.7. The lowest BCUT2D eigenvalue weighted by Gasteiger charge is -2.43. The number of H-pyrrole nitrogens is 1. The molecule has 0 aliphatic heterocycles. The van der Waals surface area contributed by atoms with Gasteiger partial charge in [-0.25, -0.2) is 4.79 Å². The van der Waals surface area contributed by atoms with Crippen LogP contribution in [0.1, 0.15) is 0 Å². The number of aliphatic hydroxyl groups excluding tert-OH is 1. The molecule has 0 aliphatic carbocycles. The number of halogens is 2. The zero-order valence-electron chi connectivity index (χ0n) is 12.3. The minimum absolute atomic E-state index is 0.249. The Bertz CT molecular complexity index is 774. The fraction of sp³-hybridized carbons (Fsp3) is 0.286. The first kappa shape index (κ1) is 19.6. The SMILES string of the molecule is O=C[C@H](O)[C@](O)(Oc1cc2ccccc2[nH]1)[C@@](O)(Cl)[C@@](O)(Br)C(=O)O. The zero-order chi connectivity index (χ0) is 19.0. The number of carboxylic acids is 1. The van der Waals surface area contributed by atoms with Crippen molar-refractivity contribution in [2.75, 3.05) is 0 Å². The number of benzene rings is 1. The molecule has 1 aromatic carbocycles. The highest BCUT2D eigenvalue weighted by Crippen LogP contribution is 2.44. The first-order valence-corrected chi connectivity index (χ1v) is 7.83. The topological polar surface area (TPSA) is 160 Å². The Morgan fingerprint density at radius 1 is 1.32 bits per heavy atom. The second-order valence-electron chi connectivity index (χ2n) is 5.15. The molecule has 2 aromatic rings. The van der Waals surface area contributed by atoms with E-state index in [0.717, 1.165) is 0 Å². The van der Waals surface area contributed by atoms with E-state index in [-0.39, 0.29) is 12.2 Å². The van der Waals surface area contributed by atoms with Crippen molar-refractivity contribution in [2.45, 2.75) is 21.5 Å². The summed E-state index contributed by atoms with van der Waals surface area (Å²) in [5.41, 5.74) is 0.533. The first-order chi connectivity index (χ1) is 11.5. The molecule has 4 atom stereocenters. The van der Waals surface area contributed by atoms with Crippen molar-refractivity contribution >= 4 is 50.7 Å². The molecule has 0 saturated heterocycles. The van der Waals surface area contributed by atoms with Crippen LogP contribution in [0.3, 0.4) is 0 Å². The van der Waals surface area contributed by atoms with E-state index in [1.807, 2.05) is 0 Å². The van der Waals surface area contributed by atoms with E-state index in [4.69, 9.17) is 21.4 Å². The maximum absolute atomic E-state index is 11.1. The third-order valence-electron chi connectivity index (χ3n) is 3.50. The van der Waals surface area contributed by atoms with Gasteiger partial charge in [0.25, 0.3) is 15.4 Å². The molecule has 0 saturated carbocycles. The Balaban J connectivity index is 2.54. The van der Waals surface area contributed by atoms with Gasteiger partial charge < -0.3 is 40.0 Å². The van der Waals surface area contributed by atoms with Crippen LogP contribution in [0.15, 0.2) is 30.3 Å². The van der Waals surface area contributed by atoms with Crippen molar-refractivity contribution in [1.82, 2.24) is 4.98 Å². The standard InChI is InChI=1S/C14H13BrClNO8/c15-12(22,11(20)21)14(16,24)13(23,9(19)6-18)25-10-5-7-3-1-2-4-8(7)17-10/h1-6,9,17,19,22-24H,(H,20,21)/t9-,12+,13-,14+/m0/s1. The molecule has 1 aromatic heterocycles. The van der Waals surface area contributed by atoms with Crippen LogP contribution in [0.25, 0.3) is 10.9 Å². The number of para-hydroxylation sites is 1. The van der Waals surface area contributed by atoms with Crippen molar-refractivity contribution in [1.29, 1.82) is 0 Å². The summed E-state index contributed by atoms with van der Waals surface area (Å²) in [7, 11) is 0. The van der Waals surface area contributed by atoms with Gasteiger partial charge in [0.05, 0.1) is 0 Å². The summed E-state index contributed by atoms with van der Waals surface area (Å²) in [5, 5.41) is 46.4. The molecule has 0 fully saturated rings. The molecule has 0 spiro atoms. The molecule has 11 heteroatoms. The minimum atomic E-state index is -3.59. The second-order valence-corrected chi connectivity index (χ2v) is 6.84. The van der Waals surface area contributed by atoms with Crippen LogP contribution in [0.4, 0.5) is 0 Å². The Hall–Kier alpha value is -1.69. The molecule has 0 bridgehead atoms. The highest BCUT2D eigenvalue weighted by atomic mass is 79.9. The molecule has 9 nitrogen and oxygen atoms in total. The van der Waals surface area contributed by atoms with E-state index in [0.29, 0.717) is 10.9 Å². The fourth-order valence-electron chi connectivity index (χ4n) is 2.06. The van der Waals surface area contributed by atoms with Gasteiger partial charge in [-0.1, -0.05) is 29.8 Å². The molecule has 0 unspecified atom stereocenters. The van der Waals surface area contributed by atoms with Crippen LogP contribution in [-0.4, -0.2) is 64.2 Å². The fourth-order valence-corrected chi connectivity index (χ4v) is 2.58. The van der Waals surface area contributed by atoms with E-state index >= 15 is 0 Å². The van der Waals surface area contributed by atoms with Gasteiger partial charge in [-0.15, -0.1) is 0 Å². The van der Waals surface area contributed by atoms with Gasteiger partial charge in [-0.2, -0.15) is 0 Å². The zero-order valence-corrected chi connectivity index (χ0v) is 14.6. The predicted molar refractivity (Wildman–Crippen MR) is 88.3 cm³/mol. The van der Waals surface area contributed by atoms with Crippen LogP contribution in [0.2, 0.25) is 0 Å². The number of rotatable bonds is 7. The number of fused-ring (bicyclic) bond motifs is 1. The van der Waals surface area contributed by atoms with E-state index in [1.54, 1.807) is 24.3 Å². The quantitative estimate of drug-likeness (QED) is 0.198. The number of alkyl halides is 2. The van der Waals surface area contributed by atoms with Crippen LogP contribution >= 0.6 is 27.5 Å². The Labute approximate surface area is 153 Å². The summed E-state index contributed by atoms with van der Waals surface area (Å²) in [6, 6.07) is 8.03. The number of aldehydes is 1. The van der Waals surface area contributed by atoms with Crippen molar-refractivity contribution in [2.24, 2.45) is 0 Å². The van der Waals surface area contributed by atoms with Gasteiger partial charge in [0.15, 0.2) is 18.3 Å². The normalized spacial score (nSPS) is 20.1. The van der Waals surface area contributed by atoms with Crippen molar-refractivity contribution in [3.8, 4) is 5.88 Å². The van der Waals surface area contributed by atoms with E-state index in [9.17, 15) is 30.0 Å². The summed E-state index contributed by atoms with van der Waals surface area (Å²) >= 11 is 7.87. The van der Waals surface area contributed by atoms with Gasteiger partial charge in [0.2, 0.25) is 0 Å². The van der Waals surface area contributed by atoms with Crippen LogP contribution in [0, 0.1) is 0 Å². The maximum Gasteiger partial charge on any atom is 0.351 e. The van der Waals surface area contributed by atoms with Crippen LogP contribution in [0.5, 0.6) is 5.88 Å². The Morgan fingerprint density at radius 2 is 1.92 bits per heavy atom. The van der Waals surface area contributed by atoms with Crippen molar-refractivity contribution in [3.63, 3.8) is 0 Å². The monoisotopic (exact) mass is 437 g/mol. The summed E-state index contributed by atoms with van der Waals surface area (Å²) < 4.78 is 1.64. The minimum Gasteiger partial charge on any atom is -0.478 e. The average molecular weight is 439 g/mol. The largest absolute Gasteiger partial charge is 0.478 e. The molecule has 25 heavy (non-hydrogen) atoms. The summed E-state index contributed by atoms with van der Waals surface area (Å²) in [6.45, 7) is 0. The van der Waals surface area contributed by atoms with Gasteiger partial charge in [0.1, 0.15) is 0 Å². The summed E-state index contributed by atoms with van der Waals surface area (Å²) in [6.07, 6.45) is -2.77. The van der Waals surface area contributed by atoms with Crippen LogP contribution in [-0.2, 0) is 9.59 Å². The van der Waals surface area contributed by atoms with Crippen molar-refractivity contribution in [3.05, 3.63) is 30.3 Å². The van der Waals surface area contributed by atoms with Crippen LogP contribution < -0.4 is 4.74 Å². The third-order valence-corrected chi connectivity index (χ3v) is 5.18. The number of hydrogen-bond acceptors (Lipinski definition) is 7. The smallest absolute Gasteiger partial charge is 0.351 e. The van der Waals surface area contributed by atoms with Gasteiger partial charge >= 0.3 is 5.97 Å². The molecule has 2 rings (SSSR count). The molecule has 136 valence electrons. The number of carbonyl (C=O) groups is 2. The van der Waals surface area contributed by atoms with Crippen molar-refractivity contribution < 1.29 is 39.9 Å². The number of aromatic amines is 1. The molecule has 1 heterocycles. The number of carboxylic acid groups (broad SMARTS) is 1. The van der Waals surface area contributed by atoms with Gasteiger partial charge in [0, 0.05) is 17.0 Å². The van der Waals surface area contributed by atoms with Gasteiger partial charge in [-0.05, 0) is 22.0 Å². The van der Waals surface area contributed by atoms with E-state index in [1.165, 1.54) is 6.07 Å². The molecular weight excluding hydrogens is 426 g/mol. The Kier molecular flexibility index (Phi) is 5.15. The lowest BCUT2D eigenvalue weighted by atomic mass is 9.98. The molecule has 0 radical (unpaired) electrons. The number of aliphatic hydroxyl groups is 4. The lowest BCUT2D eigenvalue weighted by molar-refractivity contribution is -0.288. The number of carbonyl (C=O) groups excluding carboxylic acids is 1. The molecule has 0 aliphatic rings. The summed E-state index contributed by atoms with van der Waals surface area (Å²) in [5.74, 6) is -5.83. The molecular formula is C14H13BrClNO8. The second kappa shape index (κ2) is 6.56. The number of aliphatic carboxylic acids is 1. The number of aromatic nitrogens is 1. The highest BCUT2D eigenvalue weighted by molar-refractivity contribution is 9.10. The van der Waals surface area contributed by atoms with Gasteiger partial charge in [-0.3, -0.25) is 0 Å². The van der Waals surface area contributed by atoms with E-state index < -0.39 is 27.4 Å². The molecule has 6 N–H and O–H groups in total. The number of nitrogens with one attached hydrogen (secondary N) is 1. The average Bonchev–Trinajstić information content (AvgIpc) is 2.95. The Morgan fingerprint density at radius 3 is 2.44 bits per heavy atom. The predicted octanol–water partition coefficient (Wildman–Crippen LogP) is -0.109.